The Labute approximate surface area is 434 Å². The number of nitrogens with one attached hydrogen (secondary N) is 1. The smallest absolute Gasteiger partial charge is 0.308 e. The number of fused-ring (bicyclic) bond motifs is 4. The third kappa shape index (κ3) is 12.8. The largest absolute Gasteiger partial charge is 0.488 e. The second kappa shape index (κ2) is 21.7. The van der Waals surface area contributed by atoms with E-state index in [1.54, 1.807) is 0 Å². The van der Waals surface area contributed by atoms with E-state index in [4.69, 9.17) is 28.8 Å². The highest BCUT2D eigenvalue weighted by atomic mass is 79.9. The summed E-state index contributed by atoms with van der Waals surface area (Å²) in [5, 5.41) is 23.8. The number of hydrogen-bond donors (Lipinski definition) is 3. The molecule has 0 saturated carbocycles. The summed E-state index contributed by atoms with van der Waals surface area (Å²) in [5.41, 5.74) is 6.59. The standard InChI is InChI=1S/C31H41N3O5.C16H21NO3.C11H13BrO/c1-31(2)11-9-21-17-24(6-8-26(21)39-31)34-14-10-23(19-34)30(36)32-25(20-33-12-3-4-13-33)29(35)22-5-7-27-28(18-22)38-16-15-37-27;1-16(2)7-5-11-9-13(3-4-14(11)20-16)17-8-6-12(10-17)15(18)19;1-11(2)6-5-8-7-9(12)3-4-10(8)13-11/h5-8,17-18,23,25,29,35H,3-4,9-16,19-20H2,1-2H3,(H,32,36);3-4,9,12H,5-8,10H2,1-2H3,(H,18,19);3-4,7H,5-6H2,1-2H3/t23?,25-,29-;;/m1../s1. The van der Waals surface area contributed by atoms with Crippen molar-refractivity contribution in [3.8, 4) is 28.7 Å². The molecule has 0 aliphatic carbocycles. The molecule has 7 heterocycles. The number of rotatable bonds is 9. The normalized spacial score (nSPS) is 22.9. The van der Waals surface area contributed by atoms with E-state index in [1.807, 2.05) is 42.5 Å². The van der Waals surface area contributed by atoms with Crippen LogP contribution in [-0.2, 0) is 28.9 Å². The Morgan fingerprint density at radius 3 is 1.67 bits per heavy atom. The maximum absolute atomic E-state index is 13.5. The van der Waals surface area contributed by atoms with E-state index < -0.39 is 18.1 Å². The van der Waals surface area contributed by atoms with Crippen molar-refractivity contribution < 1.29 is 43.5 Å². The van der Waals surface area contributed by atoms with E-state index in [0.29, 0.717) is 44.3 Å². The minimum absolute atomic E-state index is 0.000823. The van der Waals surface area contributed by atoms with Gasteiger partial charge in [-0.2, -0.15) is 0 Å². The molecule has 0 radical (unpaired) electrons. The number of anilines is 2. The Hall–Kier alpha value is -5.18. The van der Waals surface area contributed by atoms with Crippen molar-refractivity contribution in [1.29, 1.82) is 0 Å². The molecule has 7 aliphatic rings. The molecule has 0 bridgehead atoms. The number of carboxylic acids is 1. The highest BCUT2D eigenvalue weighted by Gasteiger charge is 2.35. The number of aliphatic hydroxyl groups is 1. The molecule has 14 heteroatoms. The van der Waals surface area contributed by atoms with Gasteiger partial charge in [-0.3, -0.25) is 9.59 Å². The summed E-state index contributed by atoms with van der Waals surface area (Å²) in [4.78, 5) is 31.4. The van der Waals surface area contributed by atoms with Crippen LogP contribution in [0.4, 0.5) is 11.4 Å². The molecular formula is C58H75BrN4O9. The zero-order valence-corrected chi connectivity index (χ0v) is 44.7. The van der Waals surface area contributed by atoms with E-state index in [-0.39, 0.29) is 34.5 Å². The molecule has 72 heavy (non-hydrogen) atoms. The number of hydrogen-bond acceptors (Lipinski definition) is 11. The zero-order valence-electron chi connectivity index (χ0n) is 43.1. The molecule has 1 amide bonds. The number of carboxylic acid groups (broad SMARTS) is 1. The van der Waals surface area contributed by atoms with Crippen molar-refractivity contribution in [2.24, 2.45) is 11.8 Å². The van der Waals surface area contributed by atoms with Crippen LogP contribution in [-0.4, -0.2) is 109 Å². The molecule has 4 aromatic carbocycles. The fourth-order valence-electron chi connectivity index (χ4n) is 11.0. The van der Waals surface area contributed by atoms with Gasteiger partial charge < -0.3 is 53.9 Å². The molecule has 3 fully saturated rings. The quantitative estimate of drug-likeness (QED) is 0.147. The van der Waals surface area contributed by atoms with Gasteiger partial charge in [-0.05, 0) is 208 Å². The third-order valence-corrected chi connectivity index (χ3v) is 15.8. The van der Waals surface area contributed by atoms with Gasteiger partial charge in [0, 0.05) is 48.6 Å². The van der Waals surface area contributed by atoms with E-state index in [0.717, 1.165) is 129 Å². The summed E-state index contributed by atoms with van der Waals surface area (Å²) in [6.45, 7) is 19.4. The number of carbonyl (C=O) groups excluding carboxylic acids is 1. The number of ether oxygens (including phenoxy) is 5. The summed E-state index contributed by atoms with van der Waals surface area (Å²) in [6, 6.07) is 24.0. The van der Waals surface area contributed by atoms with Crippen LogP contribution in [0, 0.1) is 11.8 Å². The molecule has 11 rings (SSSR count). The number of nitrogens with zero attached hydrogens (tertiary/aromatic N) is 3. The second-order valence-electron chi connectivity index (χ2n) is 22.6. The lowest BCUT2D eigenvalue weighted by molar-refractivity contribution is -0.141. The van der Waals surface area contributed by atoms with Gasteiger partial charge >= 0.3 is 5.97 Å². The Morgan fingerprint density at radius 2 is 1.12 bits per heavy atom. The van der Waals surface area contributed by atoms with E-state index >= 15 is 0 Å². The Kier molecular flexibility index (Phi) is 15.6. The molecule has 4 aromatic rings. The number of carbonyl (C=O) groups is 2. The molecule has 2 unspecified atom stereocenters. The first-order valence-corrected chi connectivity index (χ1v) is 27.1. The molecule has 0 spiro atoms. The number of likely N-dealkylation sites (tertiary alicyclic amines) is 1. The van der Waals surface area contributed by atoms with Gasteiger partial charge in [0.1, 0.15) is 53.4 Å². The van der Waals surface area contributed by atoms with Gasteiger partial charge in [-0.1, -0.05) is 22.0 Å². The van der Waals surface area contributed by atoms with Crippen molar-refractivity contribution >= 4 is 39.2 Å². The average molecular weight is 1050 g/mol. The highest BCUT2D eigenvalue weighted by molar-refractivity contribution is 9.10. The van der Waals surface area contributed by atoms with Gasteiger partial charge in [0.05, 0.1) is 17.9 Å². The Balaban J connectivity index is 0.000000159. The summed E-state index contributed by atoms with van der Waals surface area (Å²) in [7, 11) is 0. The first-order chi connectivity index (χ1) is 34.4. The monoisotopic (exact) mass is 1050 g/mol. The maximum atomic E-state index is 13.5. The second-order valence-corrected chi connectivity index (χ2v) is 23.5. The summed E-state index contributed by atoms with van der Waals surface area (Å²) >= 11 is 3.46. The van der Waals surface area contributed by atoms with Crippen LogP contribution in [0.2, 0.25) is 0 Å². The lowest BCUT2D eigenvalue weighted by Crippen LogP contribution is -2.48. The first-order valence-electron chi connectivity index (χ1n) is 26.3. The number of benzene rings is 4. The van der Waals surface area contributed by atoms with Crippen LogP contribution in [0.5, 0.6) is 28.7 Å². The number of aliphatic hydroxyl groups excluding tert-OH is 1. The lowest BCUT2D eigenvalue weighted by atomic mass is 9.94. The first kappa shape index (κ1) is 51.7. The lowest BCUT2D eigenvalue weighted by Gasteiger charge is -2.33. The van der Waals surface area contributed by atoms with Crippen LogP contribution in [0.1, 0.15) is 115 Å². The number of aliphatic carboxylic acids is 1. The highest BCUT2D eigenvalue weighted by Crippen LogP contribution is 2.40. The minimum atomic E-state index is -0.840. The number of aryl methyl sites for hydroxylation is 3. The average Bonchev–Trinajstić information content (AvgIpc) is 4.17. The molecule has 388 valence electrons. The van der Waals surface area contributed by atoms with E-state index in [2.05, 4.69) is 108 Å². The van der Waals surface area contributed by atoms with Crippen LogP contribution >= 0.6 is 15.9 Å². The zero-order chi connectivity index (χ0) is 50.8. The van der Waals surface area contributed by atoms with Crippen molar-refractivity contribution in [1.82, 2.24) is 10.2 Å². The molecule has 3 saturated heterocycles. The summed E-state index contributed by atoms with van der Waals surface area (Å²) in [6.07, 6.45) is 9.24. The predicted octanol–water partition coefficient (Wildman–Crippen LogP) is 9.96. The molecule has 3 N–H and O–H groups in total. The van der Waals surface area contributed by atoms with Crippen molar-refractivity contribution in [2.45, 2.75) is 135 Å². The fourth-order valence-corrected chi connectivity index (χ4v) is 11.4. The Bertz CT molecular complexity index is 2580. The molecule has 4 atom stereocenters. The van der Waals surface area contributed by atoms with Crippen molar-refractivity contribution in [3.05, 3.63) is 99.5 Å². The van der Waals surface area contributed by atoms with Gasteiger partial charge in [0.2, 0.25) is 5.91 Å². The van der Waals surface area contributed by atoms with Crippen molar-refractivity contribution in [3.63, 3.8) is 0 Å². The fraction of sp³-hybridized carbons (Fsp3) is 0.552. The van der Waals surface area contributed by atoms with Crippen LogP contribution in [0.25, 0.3) is 0 Å². The van der Waals surface area contributed by atoms with Crippen LogP contribution in [0.15, 0.2) is 77.3 Å². The molecular weight excluding hydrogens is 977 g/mol. The van der Waals surface area contributed by atoms with Gasteiger partial charge in [-0.15, -0.1) is 0 Å². The SMILES string of the molecule is CC1(C)CCc2cc(Br)ccc2O1.CC1(C)CCc2cc(N3CCC(C(=O)N[C@H](CN4CCCC4)[C@H](O)c4ccc5c(c4)OCCO5)C3)ccc2O1.CC1(C)CCc2cc(N3CCC(C(=O)O)C3)ccc2O1. The van der Waals surface area contributed by atoms with E-state index in [9.17, 15) is 14.7 Å². The van der Waals surface area contributed by atoms with Crippen LogP contribution < -0.4 is 38.8 Å². The topological polar surface area (TPSA) is 142 Å². The van der Waals surface area contributed by atoms with Crippen molar-refractivity contribution in [2.75, 3.05) is 68.8 Å². The summed E-state index contributed by atoms with van der Waals surface area (Å²) in [5.74, 6) is 3.30. The van der Waals surface area contributed by atoms with Crippen LogP contribution in [0.3, 0.4) is 0 Å². The van der Waals surface area contributed by atoms with E-state index in [1.165, 1.54) is 16.7 Å². The van der Waals surface area contributed by atoms with Gasteiger partial charge in [0.15, 0.2) is 11.5 Å². The van der Waals surface area contributed by atoms with Gasteiger partial charge in [0.25, 0.3) is 0 Å². The molecule has 0 aromatic heterocycles. The minimum Gasteiger partial charge on any atom is -0.488 e. The number of amides is 1. The Morgan fingerprint density at radius 1 is 0.639 bits per heavy atom. The molecule has 7 aliphatic heterocycles. The maximum Gasteiger partial charge on any atom is 0.308 e. The van der Waals surface area contributed by atoms with Gasteiger partial charge in [-0.25, -0.2) is 0 Å². The molecule has 13 nitrogen and oxygen atoms in total. The number of halogens is 1. The predicted molar refractivity (Wildman–Crippen MR) is 284 cm³/mol. The summed E-state index contributed by atoms with van der Waals surface area (Å²) < 4.78 is 30.5. The third-order valence-electron chi connectivity index (χ3n) is 15.4.